The molecular weight excluding hydrogens is 306 g/mol. The molecule has 0 spiro atoms. The molecule has 1 atom stereocenters. The number of carbonyl (C=O) groups is 2. The summed E-state index contributed by atoms with van der Waals surface area (Å²) in [7, 11) is 1.63. The van der Waals surface area contributed by atoms with Crippen molar-refractivity contribution in [3.05, 3.63) is 23.2 Å². The summed E-state index contributed by atoms with van der Waals surface area (Å²) in [5.41, 5.74) is 0.698. The summed E-state index contributed by atoms with van der Waals surface area (Å²) < 4.78 is 0. The van der Waals surface area contributed by atoms with Crippen molar-refractivity contribution < 1.29 is 14.7 Å². The smallest absolute Gasteiger partial charge is 0.408 e. The second-order valence-electron chi connectivity index (χ2n) is 6.28. The number of nitrogens with one attached hydrogen (secondary N) is 1. The number of carbonyl (C=O) groups excluding carboxylic acids is 1. The van der Waals surface area contributed by atoms with Crippen LogP contribution in [0.4, 0.5) is 16.2 Å². The number of rotatable bonds is 1. The number of nitrogens with zero attached hydrogens (tertiary/aromatic N) is 2. The van der Waals surface area contributed by atoms with Crippen molar-refractivity contribution in [1.82, 2.24) is 4.90 Å². The maximum atomic E-state index is 12.7. The maximum Gasteiger partial charge on any atom is 0.408 e. The second kappa shape index (κ2) is 5.68. The van der Waals surface area contributed by atoms with Crippen LogP contribution in [0.1, 0.15) is 20.8 Å². The lowest BCUT2D eigenvalue weighted by atomic mass is 10.0. The highest BCUT2D eigenvalue weighted by Gasteiger charge is 2.40. The second-order valence-corrected chi connectivity index (χ2v) is 6.72. The first-order chi connectivity index (χ1) is 10.1. The molecule has 120 valence electrons. The van der Waals surface area contributed by atoms with E-state index in [2.05, 4.69) is 5.32 Å². The standard InChI is InChI=1S/C15H20ClN3O3/c1-15(2,3)19(14(21)22)12-8-17-10-6-5-9(16)7-11(10)18(4)13(12)20/h5-7,12,17H,8H2,1-4H3,(H,21,22)/t12-/m1/s1. The van der Waals surface area contributed by atoms with E-state index in [-0.39, 0.29) is 12.5 Å². The Kier molecular flexibility index (Phi) is 4.24. The fraction of sp³-hybridized carbons (Fsp3) is 0.467. The molecule has 0 saturated heterocycles. The maximum absolute atomic E-state index is 12.7. The Morgan fingerprint density at radius 1 is 1.45 bits per heavy atom. The van der Waals surface area contributed by atoms with Gasteiger partial charge in [0, 0.05) is 24.2 Å². The third-order valence-electron chi connectivity index (χ3n) is 3.66. The Morgan fingerprint density at radius 2 is 2.09 bits per heavy atom. The van der Waals surface area contributed by atoms with E-state index in [0.29, 0.717) is 10.7 Å². The van der Waals surface area contributed by atoms with Gasteiger partial charge in [0.15, 0.2) is 0 Å². The quantitative estimate of drug-likeness (QED) is 0.832. The van der Waals surface area contributed by atoms with Gasteiger partial charge in [-0.15, -0.1) is 0 Å². The molecule has 7 heteroatoms. The number of anilines is 2. The number of hydrogen-bond donors (Lipinski definition) is 2. The molecule has 0 aromatic heterocycles. The van der Waals surface area contributed by atoms with Gasteiger partial charge in [0.25, 0.3) is 5.91 Å². The first-order valence-corrected chi connectivity index (χ1v) is 7.34. The van der Waals surface area contributed by atoms with Crippen LogP contribution in [0, 0.1) is 0 Å². The van der Waals surface area contributed by atoms with E-state index in [9.17, 15) is 14.7 Å². The number of hydrogen-bond acceptors (Lipinski definition) is 3. The molecule has 1 aromatic carbocycles. The first kappa shape index (κ1) is 16.4. The van der Waals surface area contributed by atoms with Crippen molar-refractivity contribution in [3.63, 3.8) is 0 Å². The minimum absolute atomic E-state index is 0.210. The van der Waals surface area contributed by atoms with E-state index in [1.807, 2.05) is 0 Å². The largest absolute Gasteiger partial charge is 0.465 e. The molecule has 0 aliphatic carbocycles. The van der Waals surface area contributed by atoms with Gasteiger partial charge in [0.2, 0.25) is 0 Å². The van der Waals surface area contributed by atoms with Gasteiger partial charge in [-0.2, -0.15) is 0 Å². The molecule has 1 aliphatic heterocycles. The van der Waals surface area contributed by atoms with E-state index in [4.69, 9.17) is 11.6 Å². The Labute approximate surface area is 134 Å². The van der Waals surface area contributed by atoms with Crippen LogP contribution >= 0.6 is 11.6 Å². The van der Waals surface area contributed by atoms with Crippen molar-refractivity contribution >= 4 is 35.0 Å². The summed E-state index contributed by atoms with van der Waals surface area (Å²) in [4.78, 5) is 27.0. The predicted molar refractivity (Wildman–Crippen MR) is 86.8 cm³/mol. The molecule has 2 amide bonds. The lowest BCUT2D eigenvalue weighted by Gasteiger charge is -2.39. The van der Waals surface area contributed by atoms with Crippen molar-refractivity contribution in [2.75, 3.05) is 23.8 Å². The number of benzene rings is 1. The van der Waals surface area contributed by atoms with Crippen LogP contribution in [0.3, 0.4) is 0 Å². The fourth-order valence-electron chi connectivity index (χ4n) is 2.66. The summed E-state index contributed by atoms with van der Waals surface area (Å²) in [5, 5.41) is 13.2. The highest BCUT2D eigenvalue weighted by molar-refractivity contribution is 6.31. The molecule has 1 aromatic rings. The third-order valence-corrected chi connectivity index (χ3v) is 3.90. The molecule has 0 unspecified atom stereocenters. The van der Waals surface area contributed by atoms with Crippen molar-refractivity contribution in [2.45, 2.75) is 32.4 Å². The van der Waals surface area contributed by atoms with Gasteiger partial charge in [-0.05, 0) is 39.0 Å². The Morgan fingerprint density at radius 3 is 2.64 bits per heavy atom. The molecule has 22 heavy (non-hydrogen) atoms. The van der Waals surface area contributed by atoms with E-state index in [0.717, 1.165) is 5.69 Å². The molecule has 1 aliphatic rings. The molecule has 2 N–H and O–H groups in total. The van der Waals surface area contributed by atoms with E-state index < -0.39 is 17.7 Å². The van der Waals surface area contributed by atoms with Gasteiger partial charge in [-0.1, -0.05) is 11.6 Å². The molecule has 1 heterocycles. The SMILES string of the molecule is CN1C(=O)[C@H](N(C(=O)O)C(C)(C)C)CNc2ccc(Cl)cc21. The normalized spacial score (nSPS) is 18.3. The van der Waals surface area contributed by atoms with Gasteiger partial charge in [0.1, 0.15) is 6.04 Å². The molecule has 0 bridgehead atoms. The third kappa shape index (κ3) is 2.97. The van der Waals surface area contributed by atoms with Crippen molar-refractivity contribution in [1.29, 1.82) is 0 Å². The molecule has 0 saturated carbocycles. The van der Waals surface area contributed by atoms with E-state index in [1.54, 1.807) is 46.0 Å². The Bertz CT molecular complexity index is 613. The van der Waals surface area contributed by atoms with Crippen LogP contribution in [0.25, 0.3) is 0 Å². The van der Waals surface area contributed by atoms with Crippen molar-refractivity contribution in [3.8, 4) is 0 Å². The van der Waals surface area contributed by atoms with Crippen LogP contribution in [0.15, 0.2) is 18.2 Å². The number of likely N-dealkylation sites (N-methyl/N-ethyl adjacent to an activating group) is 1. The zero-order chi connectivity index (χ0) is 16.7. The van der Waals surface area contributed by atoms with Crippen LogP contribution in [0.5, 0.6) is 0 Å². The molecule has 0 fully saturated rings. The zero-order valence-corrected chi connectivity index (χ0v) is 13.8. The summed E-state index contributed by atoms with van der Waals surface area (Å²) in [6.07, 6.45) is -1.12. The van der Waals surface area contributed by atoms with Gasteiger partial charge < -0.3 is 15.3 Å². The lowest BCUT2D eigenvalue weighted by molar-refractivity contribution is -0.124. The lowest BCUT2D eigenvalue weighted by Crippen LogP contribution is -2.58. The van der Waals surface area contributed by atoms with E-state index >= 15 is 0 Å². The first-order valence-electron chi connectivity index (χ1n) is 6.96. The monoisotopic (exact) mass is 325 g/mol. The van der Waals surface area contributed by atoms with Crippen LogP contribution in [0.2, 0.25) is 5.02 Å². The van der Waals surface area contributed by atoms with Crippen LogP contribution in [-0.4, -0.2) is 47.2 Å². The average molecular weight is 326 g/mol. The summed E-state index contributed by atoms with van der Waals surface area (Å²) >= 11 is 5.99. The fourth-order valence-corrected chi connectivity index (χ4v) is 2.82. The van der Waals surface area contributed by atoms with Gasteiger partial charge in [0.05, 0.1) is 11.4 Å². The number of amides is 2. The van der Waals surface area contributed by atoms with Crippen LogP contribution < -0.4 is 10.2 Å². The summed E-state index contributed by atoms with van der Waals surface area (Å²) in [5.74, 6) is -0.286. The molecule has 6 nitrogen and oxygen atoms in total. The summed E-state index contributed by atoms with van der Waals surface area (Å²) in [6.45, 7) is 5.51. The Balaban J connectivity index is 2.43. The van der Waals surface area contributed by atoms with Gasteiger partial charge in [-0.25, -0.2) is 4.79 Å². The highest BCUT2D eigenvalue weighted by Crippen LogP contribution is 2.32. The van der Waals surface area contributed by atoms with Crippen molar-refractivity contribution in [2.24, 2.45) is 0 Å². The van der Waals surface area contributed by atoms with Gasteiger partial charge in [-0.3, -0.25) is 9.69 Å². The topological polar surface area (TPSA) is 72.9 Å². The summed E-state index contributed by atoms with van der Waals surface area (Å²) in [6, 6.07) is 4.39. The highest BCUT2D eigenvalue weighted by atomic mass is 35.5. The predicted octanol–water partition coefficient (Wildman–Crippen LogP) is 2.88. The molecule has 2 rings (SSSR count). The Hall–Kier alpha value is -1.95. The zero-order valence-electron chi connectivity index (χ0n) is 13.1. The minimum atomic E-state index is -1.12. The number of fused-ring (bicyclic) bond motifs is 1. The van der Waals surface area contributed by atoms with Crippen LogP contribution in [-0.2, 0) is 4.79 Å². The van der Waals surface area contributed by atoms with E-state index in [1.165, 1.54) is 9.80 Å². The minimum Gasteiger partial charge on any atom is -0.465 e. The van der Waals surface area contributed by atoms with Gasteiger partial charge >= 0.3 is 6.09 Å². The number of carboxylic acid groups (broad SMARTS) is 1. The average Bonchev–Trinajstić information content (AvgIpc) is 2.50. The molecular formula is C15H20ClN3O3. The molecule has 0 radical (unpaired) electrons. The number of halogens is 1.